The molecule has 0 amide bonds. The van der Waals surface area contributed by atoms with E-state index in [9.17, 15) is 0 Å². The van der Waals surface area contributed by atoms with Crippen molar-refractivity contribution in [3.05, 3.63) is 0 Å². The molecule has 1 aliphatic rings. The Kier molecular flexibility index (Phi) is 5.47. The molecule has 0 aromatic carbocycles. The minimum atomic E-state index is 0.198. The van der Waals surface area contributed by atoms with Crippen LogP contribution in [0.1, 0.15) is 38.5 Å². The fraction of sp³-hybridized carbons (Fsp3) is 0.909. The van der Waals surface area contributed by atoms with Gasteiger partial charge in [0.2, 0.25) is 0 Å². The molecule has 0 atom stereocenters. The maximum atomic E-state index is 5.29. The molecule has 0 bridgehead atoms. The number of rotatable bonds is 4. The summed E-state index contributed by atoms with van der Waals surface area (Å²) in [5.74, 6) is 0.198. The zero-order valence-electron chi connectivity index (χ0n) is 9.78. The molecule has 0 aromatic heterocycles. The molecule has 0 radical (unpaired) electrons. The van der Waals surface area contributed by atoms with E-state index in [4.69, 9.17) is 11.5 Å². The molecule has 4 heteroatoms. The number of nitrogens with two attached hydrogens (primary N) is 2. The van der Waals surface area contributed by atoms with Gasteiger partial charge in [-0.1, -0.05) is 25.7 Å². The van der Waals surface area contributed by atoms with Gasteiger partial charge in [-0.05, 0) is 19.9 Å². The van der Waals surface area contributed by atoms with E-state index >= 15 is 0 Å². The Bertz CT molecular complexity index is 191. The van der Waals surface area contributed by atoms with E-state index in [1.165, 1.54) is 38.5 Å². The number of aliphatic imine (C=N–C) groups is 1. The second-order valence-corrected chi connectivity index (χ2v) is 4.43. The standard InChI is InChI=1S/C11H24N4/c1-15(9-8-14-11(12)13)10-6-4-2-3-5-7-10/h10H,2-9H2,1H3,(H4,12,13,14). The zero-order valence-corrected chi connectivity index (χ0v) is 9.78. The molecule has 0 aromatic rings. The van der Waals surface area contributed by atoms with Crippen molar-refractivity contribution in [2.24, 2.45) is 16.5 Å². The van der Waals surface area contributed by atoms with E-state index in [0.717, 1.165) is 19.1 Å². The molecule has 88 valence electrons. The van der Waals surface area contributed by atoms with E-state index < -0.39 is 0 Å². The van der Waals surface area contributed by atoms with Gasteiger partial charge in [0.15, 0.2) is 5.96 Å². The van der Waals surface area contributed by atoms with Gasteiger partial charge >= 0.3 is 0 Å². The van der Waals surface area contributed by atoms with Crippen LogP contribution in [0, 0.1) is 0 Å². The lowest BCUT2D eigenvalue weighted by atomic mass is 10.1. The number of hydrogen-bond acceptors (Lipinski definition) is 2. The van der Waals surface area contributed by atoms with E-state index in [-0.39, 0.29) is 5.96 Å². The highest BCUT2D eigenvalue weighted by molar-refractivity contribution is 5.75. The van der Waals surface area contributed by atoms with E-state index in [0.29, 0.717) is 0 Å². The largest absolute Gasteiger partial charge is 0.370 e. The van der Waals surface area contributed by atoms with Crippen LogP contribution in [0.5, 0.6) is 0 Å². The van der Waals surface area contributed by atoms with Crippen molar-refractivity contribution in [1.29, 1.82) is 0 Å². The molecule has 1 rings (SSSR count). The van der Waals surface area contributed by atoms with Crippen molar-refractivity contribution in [2.75, 3.05) is 20.1 Å². The summed E-state index contributed by atoms with van der Waals surface area (Å²) in [5, 5.41) is 0. The zero-order chi connectivity index (χ0) is 11.1. The first kappa shape index (κ1) is 12.3. The Hall–Kier alpha value is -0.770. The summed E-state index contributed by atoms with van der Waals surface area (Å²) in [7, 11) is 2.18. The maximum Gasteiger partial charge on any atom is 0.185 e. The average Bonchev–Trinajstić information content (AvgIpc) is 2.44. The van der Waals surface area contributed by atoms with Crippen molar-refractivity contribution in [3.8, 4) is 0 Å². The molecule has 1 saturated carbocycles. The van der Waals surface area contributed by atoms with E-state index in [1.807, 2.05) is 0 Å². The van der Waals surface area contributed by atoms with Gasteiger partial charge in [-0.25, -0.2) is 0 Å². The molecule has 0 saturated heterocycles. The Labute approximate surface area is 92.7 Å². The molecule has 4 N–H and O–H groups in total. The monoisotopic (exact) mass is 212 g/mol. The van der Waals surface area contributed by atoms with Gasteiger partial charge in [0.05, 0.1) is 6.54 Å². The Balaban J connectivity index is 2.25. The summed E-state index contributed by atoms with van der Waals surface area (Å²) in [5.41, 5.74) is 10.6. The fourth-order valence-electron chi connectivity index (χ4n) is 2.22. The summed E-state index contributed by atoms with van der Waals surface area (Å²) < 4.78 is 0. The highest BCUT2D eigenvalue weighted by Crippen LogP contribution is 2.20. The topological polar surface area (TPSA) is 67.6 Å². The van der Waals surface area contributed by atoms with Crippen molar-refractivity contribution in [1.82, 2.24) is 4.90 Å². The van der Waals surface area contributed by atoms with Gasteiger partial charge < -0.3 is 16.4 Å². The highest BCUT2D eigenvalue weighted by Gasteiger charge is 2.15. The SMILES string of the molecule is CN(CCN=C(N)N)C1CCCCCC1. The number of hydrogen-bond donors (Lipinski definition) is 2. The van der Waals surface area contributed by atoms with Crippen LogP contribution in [-0.4, -0.2) is 37.0 Å². The van der Waals surface area contributed by atoms with Gasteiger partial charge in [-0.3, -0.25) is 4.99 Å². The van der Waals surface area contributed by atoms with Gasteiger partial charge in [0, 0.05) is 12.6 Å². The summed E-state index contributed by atoms with van der Waals surface area (Å²) in [4.78, 5) is 6.41. The molecular weight excluding hydrogens is 188 g/mol. The molecule has 4 nitrogen and oxygen atoms in total. The van der Waals surface area contributed by atoms with Crippen LogP contribution in [0.15, 0.2) is 4.99 Å². The quantitative estimate of drug-likeness (QED) is 0.413. The van der Waals surface area contributed by atoms with Gasteiger partial charge in [0.1, 0.15) is 0 Å². The van der Waals surface area contributed by atoms with Crippen LogP contribution in [0.4, 0.5) is 0 Å². The summed E-state index contributed by atoms with van der Waals surface area (Å²) >= 11 is 0. The van der Waals surface area contributed by atoms with Gasteiger partial charge in [0.25, 0.3) is 0 Å². The Morgan fingerprint density at radius 1 is 1.20 bits per heavy atom. The van der Waals surface area contributed by atoms with Crippen LogP contribution < -0.4 is 11.5 Å². The number of guanidine groups is 1. The van der Waals surface area contributed by atoms with Crippen molar-refractivity contribution < 1.29 is 0 Å². The summed E-state index contributed by atoms with van der Waals surface area (Å²) in [6.07, 6.45) is 8.21. The van der Waals surface area contributed by atoms with Crippen LogP contribution in [0.2, 0.25) is 0 Å². The lowest BCUT2D eigenvalue weighted by molar-refractivity contribution is 0.227. The van der Waals surface area contributed by atoms with Crippen LogP contribution in [0.25, 0.3) is 0 Å². The van der Waals surface area contributed by atoms with E-state index in [1.54, 1.807) is 0 Å². The molecule has 15 heavy (non-hydrogen) atoms. The number of likely N-dealkylation sites (N-methyl/N-ethyl adjacent to an activating group) is 1. The van der Waals surface area contributed by atoms with Gasteiger partial charge in [-0.2, -0.15) is 0 Å². The first-order chi connectivity index (χ1) is 7.20. The summed E-state index contributed by atoms with van der Waals surface area (Å²) in [6.45, 7) is 1.68. The lowest BCUT2D eigenvalue weighted by Gasteiger charge is -2.26. The number of nitrogens with zero attached hydrogens (tertiary/aromatic N) is 2. The third-order valence-corrected chi connectivity index (χ3v) is 3.20. The first-order valence-electron chi connectivity index (χ1n) is 5.96. The predicted octanol–water partition coefficient (Wildman–Crippen LogP) is 0.914. The third-order valence-electron chi connectivity index (χ3n) is 3.20. The third kappa shape index (κ3) is 5.02. The second-order valence-electron chi connectivity index (χ2n) is 4.43. The highest BCUT2D eigenvalue weighted by atomic mass is 15.1. The average molecular weight is 212 g/mol. The van der Waals surface area contributed by atoms with Crippen LogP contribution in [-0.2, 0) is 0 Å². The fourth-order valence-corrected chi connectivity index (χ4v) is 2.22. The smallest absolute Gasteiger partial charge is 0.185 e. The van der Waals surface area contributed by atoms with Crippen LogP contribution >= 0.6 is 0 Å². The summed E-state index contributed by atoms with van der Waals surface area (Å²) in [6, 6.07) is 0.738. The second kappa shape index (κ2) is 6.67. The van der Waals surface area contributed by atoms with E-state index in [2.05, 4.69) is 16.9 Å². The normalized spacial score (nSPS) is 18.8. The maximum absolute atomic E-state index is 5.29. The molecule has 0 spiro atoms. The molecular formula is C11H24N4. The first-order valence-corrected chi connectivity index (χ1v) is 5.96. The lowest BCUT2D eigenvalue weighted by Crippen LogP contribution is -2.34. The minimum absolute atomic E-state index is 0.198. The van der Waals surface area contributed by atoms with Gasteiger partial charge in [-0.15, -0.1) is 0 Å². The molecule has 0 aliphatic heterocycles. The Morgan fingerprint density at radius 3 is 2.33 bits per heavy atom. The molecule has 1 aliphatic carbocycles. The van der Waals surface area contributed by atoms with Crippen molar-refractivity contribution >= 4 is 5.96 Å². The van der Waals surface area contributed by atoms with Crippen molar-refractivity contribution in [3.63, 3.8) is 0 Å². The van der Waals surface area contributed by atoms with Crippen molar-refractivity contribution in [2.45, 2.75) is 44.6 Å². The molecule has 0 heterocycles. The Morgan fingerprint density at radius 2 is 1.80 bits per heavy atom. The van der Waals surface area contributed by atoms with Crippen LogP contribution in [0.3, 0.4) is 0 Å². The minimum Gasteiger partial charge on any atom is -0.370 e. The predicted molar refractivity (Wildman–Crippen MR) is 64.8 cm³/mol. The molecule has 0 unspecified atom stereocenters. The molecule has 1 fully saturated rings.